The van der Waals surface area contributed by atoms with Crippen molar-refractivity contribution >= 4 is 23.0 Å². The molecule has 1 aliphatic rings. The van der Waals surface area contributed by atoms with E-state index in [0.29, 0.717) is 41.8 Å². The van der Waals surface area contributed by atoms with Gasteiger partial charge < -0.3 is 20.1 Å². The van der Waals surface area contributed by atoms with Crippen LogP contribution in [0.5, 0.6) is 11.5 Å². The summed E-state index contributed by atoms with van der Waals surface area (Å²) in [5, 5.41) is 5.69. The summed E-state index contributed by atoms with van der Waals surface area (Å²) in [5.41, 5.74) is 1.74. The Hall–Kier alpha value is -3.61. The Morgan fingerprint density at radius 1 is 0.963 bits per heavy atom. The van der Waals surface area contributed by atoms with E-state index in [0.717, 1.165) is 0 Å². The quantitative estimate of drug-likeness (QED) is 0.731. The van der Waals surface area contributed by atoms with E-state index >= 15 is 0 Å². The van der Waals surface area contributed by atoms with Crippen molar-refractivity contribution < 1.29 is 18.7 Å². The second-order valence-electron chi connectivity index (χ2n) is 5.85. The number of fused-ring (bicyclic) bond motifs is 1. The zero-order valence-corrected chi connectivity index (χ0v) is 14.2. The maximum Gasteiger partial charge on any atom is 0.274 e. The molecule has 0 bridgehead atoms. The van der Waals surface area contributed by atoms with Gasteiger partial charge in [-0.3, -0.25) is 4.79 Å². The van der Waals surface area contributed by atoms with Crippen LogP contribution >= 0.6 is 0 Å². The van der Waals surface area contributed by atoms with E-state index in [1.54, 1.807) is 48.5 Å². The maximum atomic E-state index is 13.7. The highest BCUT2D eigenvalue weighted by molar-refractivity contribution is 6.03. The van der Waals surface area contributed by atoms with Crippen molar-refractivity contribution in [2.24, 2.45) is 0 Å². The predicted molar refractivity (Wildman–Crippen MR) is 99.3 cm³/mol. The molecule has 2 aromatic carbocycles. The molecule has 2 heterocycles. The van der Waals surface area contributed by atoms with Gasteiger partial charge in [-0.05, 0) is 36.4 Å². The molecule has 0 radical (unpaired) electrons. The van der Waals surface area contributed by atoms with Crippen molar-refractivity contribution in [3.05, 3.63) is 72.3 Å². The van der Waals surface area contributed by atoms with E-state index in [9.17, 15) is 9.18 Å². The third-order valence-electron chi connectivity index (χ3n) is 3.95. The van der Waals surface area contributed by atoms with E-state index < -0.39 is 0 Å². The van der Waals surface area contributed by atoms with Crippen LogP contribution < -0.4 is 20.1 Å². The number of nitrogens with zero attached hydrogens (tertiary/aromatic N) is 1. The molecule has 1 aromatic heterocycles. The molecule has 27 heavy (non-hydrogen) atoms. The Morgan fingerprint density at radius 2 is 1.74 bits per heavy atom. The SMILES string of the molecule is O=C(Nc1ccc2c(c1)OCCO2)c1ccc(Nc2ccccc2F)cn1. The first-order chi connectivity index (χ1) is 13.2. The van der Waals surface area contributed by atoms with Crippen LogP contribution in [0.2, 0.25) is 0 Å². The molecule has 0 spiro atoms. The maximum absolute atomic E-state index is 13.7. The minimum absolute atomic E-state index is 0.240. The lowest BCUT2D eigenvalue weighted by atomic mass is 10.2. The number of carbonyl (C=O) groups is 1. The molecule has 4 rings (SSSR count). The molecule has 1 amide bonds. The average molecular weight is 365 g/mol. The number of rotatable bonds is 4. The number of benzene rings is 2. The van der Waals surface area contributed by atoms with Crippen LogP contribution in [0.1, 0.15) is 10.5 Å². The second-order valence-corrected chi connectivity index (χ2v) is 5.85. The van der Waals surface area contributed by atoms with Crippen molar-refractivity contribution in [3.63, 3.8) is 0 Å². The number of aromatic nitrogens is 1. The Balaban J connectivity index is 1.44. The minimum atomic E-state index is -0.363. The van der Waals surface area contributed by atoms with E-state index in [1.807, 2.05) is 0 Å². The number of hydrogen-bond donors (Lipinski definition) is 2. The fraction of sp³-hybridized carbons (Fsp3) is 0.100. The molecule has 0 saturated carbocycles. The number of carbonyl (C=O) groups excluding carboxylic acids is 1. The largest absolute Gasteiger partial charge is 0.486 e. The lowest BCUT2D eigenvalue weighted by Gasteiger charge is -2.19. The second kappa shape index (κ2) is 7.33. The summed E-state index contributed by atoms with van der Waals surface area (Å²) in [6, 6.07) is 14.8. The normalized spacial score (nSPS) is 12.3. The third-order valence-corrected chi connectivity index (χ3v) is 3.95. The average Bonchev–Trinajstić information content (AvgIpc) is 2.70. The van der Waals surface area contributed by atoms with Crippen LogP contribution in [-0.4, -0.2) is 24.1 Å². The van der Waals surface area contributed by atoms with Gasteiger partial charge in [-0.15, -0.1) is 0 Å². The van der Waals surface area contributed by atoms with Crippen LogP contribution in [0.25, 0.3) is 0 Å². The molecule has 3 aromatic rings. The van der Waals surface area contributed by atoms with Gasteiger partial charge in [-0.2, -0.15) is 0 Å². The molecule has 0 fully saturated rings. The number of pyridine rings is 1. The minimum Gasteiger partial charge on any atom is -0.486 e. The molecule has 136 valence electrons. The van der Waals surface area contributed by atoms with E-state index in [2.05, 4.69) is 15.6 Å². The number of nitrogens with one attached hydrogen (secondary N) is 2. The van der Waals surface area contributed by atoms with Crippen molar-refractivity contribution in [2.45, 2.75) is 0 Å². The van der Waals surface area contributed by atoms with Crippen molar-refractivity contribution in [1.29, 1.82) is 0 Å². The van der Waals surface area contributed by atoms with Crippen LogP contribution in [0, 0.1) is 5.82 Å². The number of para-hydroxylation sites is 1. The van der Waals surface area contributed by atoms with Gasteiger partial charge in [0.1, 0.15) is 24.7 Å². The molecule has 0 unspecified atom stereocenters. The summed E-state index contributed by atoms with van der Waals surface area (Å²) in [7, 11) is 0. The number of anilines is 3. The first-order valence-corrected chi connectivity index (χ1v) is 8.38. The number of amides is 1. The van der Waals surface area contributed by atoms with Crippen molar-refractivity contribution in [2.75, 3.05) is 23.8 Å². The molecular weight excluding hydrogens is 349 g/mol. The van der Waals surface area contributed by atoms with Gasteiger partial charge in [0.25, 0.3) is 5.91 Å². The van der Waals surface area contributed by atoms with Gasteiger partial charge in [0.2, 0.25) is 0 Å². The van der Waals surface area contributed by atoms with Crippen LogP contribution in [0.15, 0.2) is 60.8 Å². The first-order valence-electron chi connectivity index (χ1n) is 8.38. The topological polar surface area (TPSA) is 72.5 Å². The summed E-state index contributed by atoms with van der Waals surface area (Å²) in [6.07, 6.45) is 1.48. The molecule has 2 N–H and O–H groups in total. The monoisotopic (exact) mass is 365 g/mol. The highest BCUT2D eigenvalue weighted by Crippen LogP contribution is 2.32. The molecule has 0 saturated heterocycles. The van der Waals surface area contributed by atoms with Gasteiger partial charge in [0, 0.05) is 11.8 Å². The highest BCUT2D eigenvalue weighted by Gasteiger charge is 2.14. The highest BCUT2D eigenvalue weighted by atomic mass is 19.1. The van der Waals surface area contributed by atoms with Crippen LogP contribution in [-0.2, 0) is 0 Å². The fourth-order valence-electron chi connectivity index (χ4n) is 2.64. The van der Waals surface area contributed by atoms with Gasteiger partial charge in [-0.25, -0.2) is 9.37 Å². The fourth-order valence-corrected chi connectivity index (χ4v) is 2.64. The van der Waals surface area contributed by atoms with Crippen LogP contribution in [0.3, 0.4) is 0 Å². The summed E-state index contributed by atoms with van der Waals surface area (Å²) < 4.78 is 24.6. The first kappa shape index (κ1) is 16.8. The van der Waals surface area contributed by atoms with Gasteiger partial charge >= 0.3 is 0 Å². The van der Waals surface area contributed by atoms with E-state index in [4.69, 9.17) is 9.47 Å². The standard InChI is InChI=1S/C20H16FN3O3/c21-15-3-1-2-4-16(15)23-14-5-7-17(22-12-14)20(25)24-13-6-8-18-19(11-13)27-10-9-26-18/h1-8,11-12,23H,9-10H2,(H,24,25). The molecule has 1 aliphatic heterocycles. The smallest absolute Gasteiger partial charge is 0.274 e. The third kappa shape index (κ3) is 3.82. The summed E-state index contributed by atoms with van der Waals surface area (Å²) in [4.78, 5) is 16.5. The molecule has 0 atom stereocenters. The number of hydrogen-bond acceptors (Lipinski definition) is 5. The summed E-state index contributed by atoms with van der Waals surface area (Å²) in [5.74, 6) is 0.527. The summed E-state index contributed by atoms with van der Waals surface area (Å²) in [6.45, 7) is 0.984. The van der Waals surface area contributed by atoms with Crippen molar-refractivity contribution in [3.8, 4) is 11.5 Å². The van der Waals surface area contributed by atoms with E-state index in [1.165, 1.54) is 12.3 Å². The van der Waals surface area contributed by atoms with Gasteiger partial charge in [0.05, 0.1) is 17.6 Å². The molecule has 7 heteroatoms. The summed E-state index contributed by atoms with van der Waals surface area (Å²) >= 11 is 0. The van der Waals surface area contributed by atoms with E-state index in [-0.39, 0.29) is 17.4 Å². The zero-order chi connectivity index (χ0) is 18.6. The molecular formula is C20H16FN3O3. The Labute approximate surface area is 155 Å². The zero-order valence-electron chi connectivity index (χ0n) is 14.2. The Kier molecular flexibility index (Phi) is 4.57. The number of halogens is 1. The molecule has 0 aliphatic carbocycles. The van der Waals surface area contributed by atoms with Gasteiger partial charge in [0.15, 0.2) is 11.5 Å². The molecule has 6 nitrogen and oxygen atoms in total. The Morgan fingerprint density at radius 3 is 2.52 bits per heavy atom. The lowest BCUT2D eigenvalue weighted by Crippen LogP contribution is -2.17. The predicted octanol–water partition coefficient (Wildman–Crippen LogP) is 3.99. The lowest BCUT2D eigenvalue weighted by molar-refractivity contribution is 0.102. The number of ether oxygens (including phenoxy) is 2. The van der Waals surface area contributed by atoms with Gasteiger partial charge in [-0.1, -0.05) is 12.1 Å². The Bertz CT molecular complexity index is 976. The van der Waals surface area contributed by atoms with Crippen molar-refractivity contribution in [1.82, 2.24) is 4.98 Å². The van der Waals surface area contributed by atoms with Crippen LogP contribution in [0.4, 0.5) is 21.5 Å².